The summed E-state index contributed by atoms with van der Waals surface area (Å²) in [4.78, 5) is 14.0. The summed E-state index contributed by atoms with van der Waals surface area (Å²) in [6.07, 6.45) is 0. The van der Waals surface area contributed by atoms with Gasteiger partial charge in [-0.2, -0.15) is 4.31 Å². The first kappa shape index (κ1) is 21.6. The van der Waals surface area contributed by atoms with Gasteiger partial charge < -0.3 is 14.8 Å². The second-order valence-corrected chi connectivity index (χ2v) is 9.51. The number of hydrogen-bond donors (Lipinski definition) is 1. The average molecular weight is 437 g/mol. The standard InChI is InChI=1S/C20H24N2O5S2/c1-3-28-19-7-5-4-6-17(19)21-20(23)16-14-15(8-9-18(16)26-2)29(24,25)22-10-12-27-13-11-22/h4-9,14H,3,10-13H2,1-2H3,(H,21,23). The molecule has 1 saturated heterocycles. The number of hydrogen-bond acceptors (Lipinski definition) is 6. The first-order valence-corrected chi connectivity index (χ1v) is 11.7. The number of para-hydroxylation sites is 1. The minimum Gasteiger partial charge on any atom is -0.496 e. The molecule has 0 bridgehead atoms. The van der Waals surface area contributed by atoms with E-state index in [4.69, 9.17) is 9.47 Å². The lowest BCUT2D eigenvalue weighted by Gasteiger charge is -2.26. The molecule has 29 heavy (non-hydrogen) atoms. The van der Waals surface area contributed by atoms with Gasteiger partial charge in [0.1, 0.15) is 5.75 Å². The molecule has 2 aromatic rings. The van der Waals surface area contributed by atoms with Gasteiger partial charge in [-0.15, -0.1) is 11.8 Å². The van der Waals surface area contributed by atoms with Crippen LogP contribution in [-0.4, -0.2) is 57.8 Å². The quantitative estimate of drug-likeness (QED) is 0.672. The molecule has 1 heterocycles. The molecule has 1 N–H and O–H groups in total. The number of carbonyl (C=O) groups excluding carboxylic acids is 1. The molecule has 0 atom stereocenters. The van der Waals surface area contributed by atoms with E-state index in [0.29, 0.717) is 24.7 Å². The Kier molecular flexibility index (Phi) is 7.18. The van der Waals surface area contributed by atoms with Gasteiger partial charge in [0.05, 0.1) is 36.5 Å². The van der Waals surface area contributed by atoms with E-state index in [1.165, 1.54) is 29.6 Å². The van der Waals surface area contributed by atoms with Crippen molar-refractivity contribution in [2.45, 2.75) is 16.7 Å². The highest BCUT2D eigenvalue weighted by Crippen LogP contribution is 2.29. The number of benzene rings is 2. The van der Waals surface area contributed by atoms with E-state index >= 15 is 0 Å². The molecule has 0 radical (unpaired) electrons. The Balaban J connectivity index is 1.92. The van der Waals surface area contributed by atoms with Gasteiger partial charge in [0, 0.05) is 18.0 Å². The van der Waals surface area contributed by atoms with Crippen LogP contribution in [0.1, 0.15) is 17.3 Å². The average Bonchev–Trinajstić information content (AvgIpc) is 2.75. The topological polar surface area (TPSA) is 84.9 Å². The molecular weight excluding hydrogens is 412 g/mol. The van der Waals surface area contributed by atoms with Crippen LogP contribution in [0, 0.1) is 0 Å². The van der Waals surface area contributed by atoms with E-state index in [1.807, 2.05) is 31.2 Å². The molecule has 156 valence electrons. The molecule has 0 aromatic heterocycles. The summed E-state index contributed by atoms with van der Waals surface area (Å²) in [5.41, 5.74) is 0.839. The van der Waals surface area contributed by atoms with Gasteiger partial charge in [0.15, 0.2) is 0 Å². The number of morpholine rings is 1. The van der Waals surface area contributed by atoms with Crippen molar-refractivity contribution < 1.29 is 22.7 Å². The van der Waals surface area contributed by atoms with Crippen LogP contribution in [-0.2, 0) is 14.8 Å². The summed E-state index contributed by atoms with van der Waals surface area (Å²) < 4.78 is 37.8. The van der Waals surface area contributed by atoms with Crippen molar-refractivity contribution in [3.8, 4) is 5.75 Å². The fourth-order valence-corrected chi connectivity index (χ4v) is 5.20. The van der Waals surface area contributed by atoms with E-state index < -0.39 is 15.9 Å². The summed E-state index contributed by atoms with van der Waals surface area (Å²) in [5, 5.41) is 2.88. The third-order valence-corrected chi connectivity index (χ3v) is 7.31. The highest BCUT2D eigenvalue weighted by molar-refractivity contribution is 7.99. The normalized spacial score (nSPS) is 15.1. The van der Waals surface area contributed by atoms with Gasteiger partial charge in [-0.1, -0.05) is 19.1 Å². The number of amides is 1. The molecule has 0 saturated carbocycles. The fourth-order valence-electron chi connectivity index (χ4n) is 3.00. The number of methoxy groups -OCH3 is 1. The molecule has 2 aromatic carbocycles. The van der Waals surface area contributed by atoms with E-state index in [9.17, 15) is 13.2 Å². The van der Waals surface area contributed by atoms with E-state index in [0.717, 1.165) is 10.6 Å². The largest absolute Gasteiger partial charge is 0.496 e. The number of anilines is 1. The molecule has 7 nitrogen and oxygen atoms in total. The molecule has 0 unspecified atom stereocenters. The minimum atomic E-state index is -3.72. The van der Waals surface area contributed by atoms with Gasteiger partial charge in [-0.05, 0) is 36.1 Å². The van der Waals surface area contributed by atoms with E-state index in [1.54, 1.807) is 11.8 Å². The van der Waals surface area contributed by atoms with Gasteiger partial charge in [-0.25, -0.2) is 8.42 Å². The van der Waals surface area contributed by atoms with Crippen LogP contribution in [0.5, 0.6) is 5.75 Å². The van der Waals surface area contributed by atoms with Crippen molar-refractivity contribution in [3.63, 3.8) is 0 Å². The van der Waals surface area contributed by atoms with Gasteiger partial charge in [0.2, 0.25) is 10.0 Å². The molecule has 3 rings (SSSR count). The monoisotopic (exact) mass is 436 g/mol. The highest BCUT2D eigenvalue weighted by atomic mass is 32.2. The van der Waals surface area contributed by atoms with Gasteiger partial charge >= 0.3 is 0 Å². The molecule has 1 aliphatic heterocycles. The maximum absolute atomic E-state index is 13.0. The lowest BCUT2D eigenvalue weighted by atomic mass is 10.2. The molecule has 1 fully saturated rings. The molecule has 1 aliphatic rings. The zero-order valence-electron chi connectivity index (χ0n) is 16.4. The number of nitrogens with zero attached hydrogens (tertiary/aromatic N) is 1. The van der Waals surface area contributed by atoms with Crippen molar-refractivity contribution in [1.29, 1.82) is 0 Å². The molecule has 0 spiro atoms. The van der Waals surface area contributed by atoms with E-state index in [2.05, 4.69) is 5.32 Å². The predicted octanol–water partition coefficient (Wildman–Crippen LogP) is 3.08. The van der Waals surface area contributed by atoms with Crippen molar-refractivity contribution in [2.75, 3.05) is 44.5 Å². The van der Waals surface area contributed by atoms with Crippen molar-refractivity contribution in [2.24, 2.45) is 0 Å². The SMILES string of the molecule is CCSc1ccccc1NC(=O)c1cc(S(=O)(=O)N2CCOCC2)ccc1OC. The Morgan fingerprint density at radius 1 is 1.21 bits per heavy atom. The zero-order chi connectivity index (χ0) is 20.9. The first-order chi connectivity index (χ1) is 14.0. The Bertz CT molecular complexity index is 973. The van der Waals surface area contributed by atoms with Crippen molar-refractivity contribution in [1.82, 2.24) is 4.31 Å². The maximum Gasteiger partial charge on any atom is 0.259 e. The minimum absolute atomic E-state index is 0.0570. The molecule has 9 heteroatoms. The third-order valence-electron chi connectivity index (χ3n) is 4.46. The number of ether oxygens (including phenoxy) is 2. The summed E-state index contributed by atoms with van der Waals surface area (Å²) in [7, 11) is -2.27. The highest BCUT2D eigenvalue weighted by Gasteiger charge is 2.28. The number of rotatable bonds is 7. The summed E-state index contributed by atoms with van der Waals surface area (Å²) in [6, 6.07) is 11.8. The predicted molar refractivity (Wildman–Crippen MR) is 113 cm³/mol. The van der Waals surface area contributed by atoms with Crippen LogP contribution in [0.4, 0.5) is 5.69 Å². The van der Waals surface area contributed by atoms with E-state index in [-0.39, 0.29) is 23.5 Å². The first-order valence-electron chi connectivity index (χ1n) is 9.26. The Morgan fingerprint density at radius 2 is 1.93 bits per heavy atom. The van der Waals surface area contributed by atoms with Crippen LogP contribution in [0.15, 0.2) is 52.3 Å². The molecule has 0 aliphatic carbocycles. The fraction of sp³-hybridized carbons (Fsp3) is 0.350. The van der Waals surface area contributed by atoms with Crippen molar-refractivity contribution in [3.05, 3.63) is 48.0 Å². The Hall–Kier alpha value is -2.07. The third kappa shape index (κ3) is 4.92. The summed E-state index contributed by atoms with van der Waals surface area (Å²) >= 11 is 1.61. The summed E-state index contributed by atoms with van der Waals surface area (Å²) in [5.74, 6) is 0.748. The number of carbonyl (C=O) groups is 1. The van der Waals surface area contributed by atoms with Crippen LogP contribution < -0.4 is 10.1 Å². The number of thioether (sulfide) groups is 1. The lowest BCUT2D eigenvalue weighted by molar-refractivity contribution is 0.0730. The maximum atomic E-state index is 13.0. The molecular formula is C20H24N2O5S2. The second-order valence-electron chi connectivity index (χ2n) is 6.26. The van der Waals surface area contributed by atoms with Crippen LogP contribution in [0.2, 0.25) is 0 Å². The second kappa shape index (κ2) is 9.62. The summed E-state index contributed by atoms with van der Waals surface area (Å²) in [6.45, 7) is 3.32. The Morgan fingerprint density at radius 3 is 2.62 bits per heavy atom. The zero-order valence-corrected chi connectivity index (χ0v) is 18.0. The van der Waals surface area contributed by atoms with Crippen LogP contribution in [0.25, 0.3) is 0 Å². The van der Waals surface area contributed by atoms with Crippen molar-refractivity contribution >= 4 is 33.4 Å². The van der Waals surface area contributed by atoms with Crippen LogP contribution in [0.3, 0.4) is 0 Å². The smallest absolute Gasteiger partial charge is 0.259 e. The Labute approximate surface area is 175 Å². The number of sulfonamides is 1. The van der Waals surface area contributed by atoms with Crippen LogP contribution >= 0.6 is 11.8 Å². The van der Waals surface area contributed by atoms with Gasteiger partial charge in [0.25, 0.3) is 5.91 Å². The molecule has 1 amide bonds. The number of nitrogens with one attached hydrogen (secondary N) is 1. The lowest BCUT2D eigenvalue weighted by Crippen LogP contribution is -2.40. The van der Waals surface area contributed by atoms with Gasteiger partial charge in [-0.3, -0.25) is 4.79 Å².